The second-order valence-corrected chi connectivity index (χ2v) is 7.75. The molecule has 9 heavy (non-hydrogen) atoms. The van der Waals surface area contributed by atoms with E-state index in [0.29, 0.717) is 0 Å². The van der Waals surface area contributed by atoms with Gasteiger partial charge in [-0.3, -0.25) is 0 Å². The molecule has 0 aliphatic carbocycles. The zero-order chi connectivity index (χ0) is 7.65. The van der Waals surface area contributed by atoms with E-state index in [1.54, 1.807) is 7.05 Å². The van der Waals surface area contributed by atoms with Crippen LogP contribution in [-0.2, 0) is 10.0 Å². The van der Waals surface area contributed by atoms with Crippen LogP contribution in [0.5, 0.6) is 0 Å². The summed E-state index contributed by atoms with van der Waals surface area (Å²) in [5.41, 5.74) is 0. The Balaban J connectivity index is 4.24. The number of nitrogens with zero attached hydrogens (tertiary/aromatic N) is 1. The Hall–Kier alpha value is 0.127. The second kappa shape index (κ2) is 2.81. The van der Waals surface area contributed by atoms with E-state index in [1.807, 2.05) is 13.1 Å². The molecule has 56 valence electrons. The lowest BCUT2D eigenvalue weighted by Gasteiger charge is -2.16. The first-order valence-electron chi connectivity index (χ1n) is 2.78. The quantitative estimate of drug-likeness (QED) is 0.537. The molecule has 0 radical (unpaired) electrons. The minimum atomic E-state index is -2.91. The van der Waals surface area contributed by atoms with Crippen molar-refractivity contribution < 1.29 is 8.42 Å². The fourth-order valence-electron chi connectivity index (χ4n) is 0.383. The summed E-state index contributed by atoms with van der Waals surface area (Å²) >= 11 is 0. The van der Waals surface area contributed by atoms with E-state index in [-0.39, 0.29) is 0 Å². The summed E-state index contributed by atoms with van der Waals surface area (Å²) in [7, 11) is -2.42. The molecule has 0 aliphatic heterocycles. The molecule has 0 aromatic heterocycles. The van der Waals surface area contributed by atoms with Crippen molar-refractivity contribution in [1.29, 1.82) is 0 Å². The van der Waals surface area contributed by atoms with E-state index < -0.39 is 19.0 Å². The van der Waals surface area contributed by atoms with Crippen molar-refractivity contribution in [3.05, 3.63) is 0 Å². The maximum absolute atomic E-state index is 10.7. The van der Waals surface area contributed by atoms with Gasteiger partial charge in [-0.15, -0.1) is 0 Å². The molecule has 0 spiro atoms. The van der Waals surface area contributed by atoms with Gasteiger partial charge < -0.3 is 0 Å². The summed E-state index contributed by atoms with van der Waals surface area (Å²) in [5.74, 6) is 0. The monoisotopic (exact) mass is 167 g/mol. The fourth-order valence-corrected chi connectivity index (χ4v) is 3.45. The molecule has 0 bridgehead atoms. The molecule has 5 heteroatoms. The maximum atomic E-state index is 10.7. The molecule has 0 saturated heterocycles. The zero-order valence-electron chi connectivity index (χ0n) is 6.25. The van der Waals surface area contributed by atoms with Crippen molar-refractivity contribution in [3.8, 4) is 0 Å². The first-order chi connectivity index (χ1) is 3.85. The molecule has 0 aliphatic rings. The summed E-state index contributed by atoms with van der Waals surface area (Å²) < 4.78 is 22.9. The molecule has 0 fully saturated rings. The smallest absolute Gasteiger partial charge is 0.204 e. The molecular formula is C4H13NO2SSi. The Morgan fingerprint density at radius 1 is 1.33 bits per heavy atom. The molecule has 0 aromatic carbocycles. The highest BCUT2D eigenvalue weighted by Crippen LogP contribution is 1.95. The zero-order valence-corrected chi connectivity index (χ0v) is 8.22. The van der Waals surface area contributed by atoms with E-state index in [4.69, 9.17) is 0 Å². The van der Waals surface area contributed by atoms with Crippen LogP contribution in [0, 0.1) is 0 Å². The summed E-state index contributed by atoms with van der Waals surface area (Å²) in [4.78, 5) is 0. The van der Waals surface area contributed by atoms with Gasteiger partial charge in [-0.1, -0.05) is 13.1 Å². The van der Waals surface area contributed by atoms with Crippen LogP contribution in [0.1, 0.15) is 0 Å². The number of sulfonamides is 1. The molecule has 0 N–H and O–H groups in total. The number of rotatable bonds is 2. The lowest BCUT2D eigenvalue weighted by molar-refractivity contribution is 0.563. The second-order valence-electron chi connectivity index (χ2n) is 2.37. The van der Waals surface area contributed by atoms with Gasteiger partial charge >= 0.3 is 0 Å². The van der Waals surface area contributed by atoms with Crippen molar-refractivity contribution in [1.82, 2.24) is 3.97 Å². The predicted molar refractivity (Wildman–Crippen MR) is 41.5 cm³/mol. The SMILES string of the molecule is CN([SiH](C)C)S(C)(=O)=O. The number of hydrogen-bond donors (Lipinski definition) is 0. The van der Waals surface area contributed by atoms with Gasteiger partial charge in [0.15, 0.2) is 0 Å². The van der Waals surface area contributed by atoms with Crippen LogP contribution in [-0.4, -0.2) is 34.7 Å². The highest BCUT2D eigenvalue weighted by Gasteiger charge is 2.14. The predicted octanol–water partition coefficient (Wildman–Crippen LogP) is -0.139. The van der Waals surface area contributed by atoms with Gasteiger partial charge in [-0.05, 0) is 7.05 Å². The molecule has 0 aromatic rings. The van der Waals surface area contributed by atoms with Gasteiger partial charge in [0.1, 0.15) is 8.96 Å². The summed E-state index contributed by atoms with van der Waals surface area (Å²) in [6.07, 6.45) is 1.24. The van der Waals surface area contributed by atoms with Crippen molar-refractivity contribution >= 4 is 19.0 Å². The molecule has 0 heterocycles. The van der Waals surface area contributed by atoms with Crippen LogP contribution in [0.3, 0.4) is 0 Å². The third-order valence-corrected chi connectivity index (χ3v) is 6.16. The Labute approximate surface area is 58.4 Å². The van der Waals surface area contributed by atoms with E-state index >= 15 is 0 Å². The standard InChI is InChI=1S/C4H13NO2SSi/c1-5(9(3)4)8(2,6)7/h9H,1-4H3. The van der Waals surface area contributed by atoms with E-state index in [0.717, 1.165) is 0 Å². The van der Waals surface area contributed by atoms with E-state index in [9.17, 15) is 8.42 Å². The topological polar surface area (TPSA) is 37.4 Å². The molecule has 0 saturated carbocycles. The Kier molecular flexibility index (Phi) is 2.85. The van der Waals surface area contributed by atoms with Crippen LogP contribution in [0.2, 0.25) is 13.1 Å². The van der Waals surface area contributed by atoms with Crippen LogP contribution >= 0.6 is 0 Å². The van der Waals surface area contributed by atoms with Crippen molar-refractivity contribution in [2.45, 2.75) is 13.1 Å². The van der Waals surface area contributed by atoms with Crippen LogP contribution in [0.15, 0.2) is 0 Å². The van der Waals surface area contributed by atoms with Gasteiger partial charge in [-0.25, -0.2) is 12.4 Å². The molecule has 0 rings (SSSR count). The third-order valence-electron chi connectivity index (χ3n) is 1.25. The number of hydrogen-bond acceptors (Lipinski definition) is 2. The normalized spacial score (nSPS) is 13.1. The van der Waals surface area contributed by atoms with Crippen LogP contribution in [0.25, 0.3) is 0 Å². The Bertz CT molecular complexity index is 175. The lowest BCUT2D eigenvalue weighted by atomic mass is 11.6. The largest absolute Gasteiger partial charge is 0.231 e. The third kappa shape index (κ3) is 2.97. The molecule has 3 nitrogen and oxygen atoms in total. The minimum absolute atomic E-state index is 1.14. The molecule has 0 unspecified atom stereocenters. The lowest BCUT2D eigenvalue weighted by Crippen LogP contribution is -2.35. The van der Waals surface area contributed by atoms with Gasteiger partial charge in [0.05, 0.1) is 6.26 Å². The maximum Gasteiger partial charge on any atom is 0.204 e. The van der Waals surface area contributed by atoms with Crippen LogP contribution in [0.4, 0.5) is 0 Å². The molecule has 0 amide bonds. The van der Waals surface area contributed by atoms with Crippen molar-refractivity contribution in [3.63, 3.8) is 0 Å². The van der Waals surface area contributed by atoms with Crippen LogP contribution < -0.4 is 0 Å². The first-order valence-corrected chi connectivity index (χ1v) is 7.46. The summed E-state index contributed by atoms with van der Waals surface area (Å²) in [6.45, 7) is 3.95. The molecule has 0 atom stereocenters. The van der Waals surface area contributed by atoms with E-state index in [1.165, 1.54) is 10.2 Å². The first kappa shape index (κ1) is 9.13. The van der Waals surface area contributed by atoms with Gasteiger partial charge in [0.2, 0.25) is 10.0 Å². The minimum Gasteiger partial charge on any atom is -0.231 e. The summed E-state index contributed by atoms with van der Waals surface area (Å²) in [5, 5.41) is 0. The summed E-state index contributed by atoms with van der Waals surface area (Å²) in [6, 6.07) is 0. The Morgan fingerprint density at radius 3 is 1.67 bits per heavy atom. The van der Waals surface area contributed by atoms with Crippen molar-refractivity contribution in [2.75, 3.05) is 13.3 Å². The molecular weight excluding hydrogens is 154 g/mol. The Morgan fingerprint density at radius 2 is 1.67 bits per heavy atom. The highest BCUT2D eigenvalue weighted by molar-refractivity contribution is 7.89. The van der Waals surface area contributed by atoms with Crippen molar-refractivity contribution in [2.24, 2.45) is 0 Å². The average molecular weight is 167 g/mol. The fraction of sp³-hybridized carbons (Fsp3) is 1.00. The average Bonchev–Trinajstić information content (AvgIpc) is 1.62. The van der Waals surface area contributed by atoms with Gasteiger partial charge in [0.25, 0.3) is 0 Å². The van der Waals surface area contributed by atoms with E-state index in [2.05, 4.69) is 0 Å². The van der Waals surface area contributed by atoms with Gasteiger partial charge in [-0.2, -0.15) is 0 Å². The van der Waals surface area contributed by atoms with Gasteiger partial charge in [0, 0.05) is 0 Å². The highest BCUT2D eigenvalue weighted by atomic mass is 32.2.